The van der Waals surface area contributed by atoms with Crippen molar-refractivity contribution in [2.24, 2.45) is 4.99 Å². The van der Waals surface area contributed by atoms with E-state index in [0.717, 1.165) is 15.8 Å². The highest BCUT2D eigenvalue weighted by atomic mass is 35.5. The fourth-order valence-electron chi connectivity index (χ4n) is 2.63. The number of thioether (sulfide) groups is 1. The highest BCUT2D eigenvalue weighted by Gasteiger charge is 2.33. The summed E-state index contributed by atoms with van der Waals surface area (Å²) in [4.78, 5) is 24.1. The van der Waals surface area contributed by atoms with E-state index in [-0.39, 0.29) is 5.91 Å². The van der Waals surface area contributed by atoms with Gasteiger partial charge in [-0.2, -0.15) is 4.99 Å². The molecular weight excluding hydrogens is 433 g/mol. The van der Waals surface area contributed by atoms with E-state index in [4.69, 9.17) is 23.2 Å². The van der Waals surface area contributed by atoms with Gasteiger partial charge in [0.15, 0.2) is 5.17 Å². The third kappa shape index (κ3) is 3.86. The summed E-state index contributed by atoms with van der Waals surface area (Å²) in [5, 5.41) is 2.21. The number of fused-ring (bicyclic) bond motifs is 1. The molecule has 0 atom stereocenters. The van der Waals surface area contributed by atoms with E-state index < -0.39 is 0 Å². The average molecular weight is 446 g/mol. The lowest BCUT2D eigenvalue weighted by atomic mass is 10.2. The molecule has 4 rings (SSSR count). The molecule has 8 heteroatoms. The summed E-state index contributed by atoms with van der Waals surface area (Å²) in [6, 6.07) is 13.0. The highest BCUT2D eigenvalue weighted by Crippen LogP contribution is 2.37. The van der Waals surface area contributed by atoms with Gasteiger partial charge < -0.3 is 0 Å². The number of carbonyl (C=O) groups excluding carboxylic acids is 1. The third-order valence-electron chi connectivity index (χ3n) is 3.92. The fraction of sp³-hybridized carbons (Fsp3) is 0.0500. The summed E-state index contributed by atoms with van der Waals surface area (Å²) in [6.45, 7) is 4.10. The second-order valence-corrected chi connectivity index (χ2v) is 8.70. The Hall–Kier alpha value is -2.12. The normalized spacial score (nSPS) is 17.2. The number of rotatable bonds is 4. The lowest BCUT2D eigenvalue weighted by Gasteiger charge is -2.11. The van der Waals surface area contributed by atoms with Crippen LogP contribution in [0, 0.1) is 0 Å². The molecule has 1 aliphatic heterocycles. The Morgan fingerprint density at radius 1 is 1.21 bits per heavy atom. The summed E-state index contributed by atoms with van der Waals surface area (Å²) in [5.74, 6) is -0.143. The minimum Gasteiger partial charge on any atom is -0.282 e. The molecule has 2 aromatic carbocycles. The van der Waals surface area contributed by atoms with Gasteiger partial charge in [-0.1, -0.05) is 58.8 Å². The number of amides is 1. The third-order valence-corrected chi connectivity index (χ3v) is 6.42. The predicted molar refractivity (Wildman–Crippen MR) is 121 cm³/mol. The Kier molecular flexibility index (Phi) is 5.55. The van der Waals surface area contributed by atoms with Crippen LogP contribution in [0.5, 0.6) is 0 Å². The lowest BCUT2D eigenvalue weighted by Crippen LogP contribution is -2.29. The van der Waals surface area contributed by atoms with Gasteiger partial charge in [-0.3, -0.25) is 9.69 Å². The van der Waals surface area contributed by atoms with Gasteiger partial charge in [0, 0.05) is 16.6 Å². The smallest absolute Gasteiger partial charge is 0.267 e. The van der Waals surface area contributed by atoms with Crippen LogP contribution >= 0.6 is 46.3 Å². The monoisotopic (exact) mass is 445 g/mol. The quantitative estimate of drug-likeness (QED) is 0.345. The molecule has 0 spiro atoms. The molecule has 4 nitrogen and oxygen atoms in total. The van der Waals surface area contributed by atoms with Crippen LogP contribution in [0.25, 0.3) is 16.3 Å². The number of benzene rings is 2. The molecule has 1 aliphatic rings. The molecule has 0 N–H and O–H groups in total. The van der Waals surface area contributed by atoms with Crippen LogP contribution in [0.3, 0.4) is 0 Å². The molecule has 3 aromatic rings. The highest BCUT2D eigenvalue weighted by molar-refractivity contribution is 8.18. The van der Waals surface area contributed by atoms with E-state index in [0.29, 0.717) is 31.8 Å². The summed E-state index contributed by atoms with van der Waals surface area (Å²) in [6.07, 6.45) is 3.42. The maximum Gasteiger partial charge on any atom is 0.267 e. The maximum atomic E-state index is 12.9. The number of halogens is 2. The number of amidine groups is 1. The Morgan fingerprint density at radius 3 is 2.79 bits per heavy atom. The Labute approximate surface area is 180 Å². The van der Waals surface area contributed by atoms with Crippen LogP contribution in [-0.2, 0) is 4.79 Å². The molecule has 1 saturated heterocycles. The summed E-state index contributed by atoms with van der Waals surface area (Å²) in [7, 11) is 0. The first-order valence-corrected chi connectivity index (χ1v) is 10.7. The average Bonchev–Trinajstić information content (AvgIpc) is 3.20. The zero-order chi connectivity index (χ0) is 19.7. The van der Waals surface area contributed by atoms with Crippen LogP contribution in [0.1, 0.15) is 5.56 Å². The number of nitrogens with zero attached hydrogens (tertiary/aromatic N) is 3. The van der Waals surface area contributed by atoms with Gasteiger partial charge in [0.25, 0.3) is 5.91 Å². The van der Waals surface area contributed by atoms with Crippen molar-refractivity contribution in [2.75, 3.05) is 6.54 Å². The summed E-state index contributed by atoms with van der Waals surface area (Å²) in [5.41, 5.74) is 1.61. The standard InChI is InChI=1S/C20H13Cl2N3OS2/c1-2-9-25-18(26)17(10-12-7-8-13(21)11-14(12)22)28-20(25)24-19-23-15-5-3-4-6-16(15)27-19/h2-8,10-11H,1,9H2/b17-10-,24-20+. The van der Waals surface area contributed by atoms with Crippen LogP contribution < -0.4 is 0 Å². The van der Waals surface area contributed by atoms with Gasteiger partial charge in [0.2, 0.25) is 5.13 Å². The lowest BCUT2D eigenvalue weighted by molar-refractivity contribution is -0.121. The molecule has 28 heavy (non-hydrogen) atoms. The zero-order valence-electron chi connectivity index (χ0n) is 14.4. The van der Waals surface area contributed by atoms with E-state index >= 15 is 0 Å². The maximum absolute atomic E-state index is 12.9. The molecule has 1 aromatic heterocycles. The minimum atomic E-state index is -0.143. The first-order chi connectivity index (χ1) is 13.5. The first kappa shape index (κ1) is 19.2. The van der Waals surface area contributed by atoms with Crippen molar-refractivity contribution in [2.45, 2.75) is 0 Å². The van der Waals surface area contributed by atoms with Crippen LogP contribution in [-0.4, -0.2) is 27.5 Å². The van der Waals surface area contributed by atoms with Crippen molar-refractivity contribution in [1.29, 1.82) is 0 Å². The van der Waals surface area contributed by atoms with Crippen LogP contribution in [0.2, 0.25) is 10.0 Å². The zero-order valence-corrected chi connectivity index (χ0v) is 17.6. The Bertz CT molecular complexity index is 1120. The van der Waals surface area contributed by atoms with Crippen LogP contribution in [0.15, 0.2) is 65.0 Å². The topological polar surface area (TPSA) is 45.6 Å². The number of para-hydroxylation sites is 1. The number of aliphatic imine (C=N–C) groups is 1. The molecule has 1 amide bonds. The van der Waals surface area contributed by atoms with Crippen molar-refractivity contribution in [3.63, 3.8) is 0 Å². The van der Waals surface area contributed by atoms with Gasteiger partial charge in [-0.15, -0.1) is 6.58 Å². The number of hydrogen-bond acceptors (Lipinski definition) is 5. The van der Waals surface area contributed by atoms with Crippen LogP contribution in [0.4, 0.5) is 5.13 Å². The fourth-order valence-corrected chi connectivity index (χ4v) is 4.97. The second-order valence-electron chi connectivity index (χ2n) is 5.84. The molecule has 0 aliphatic carbocycles. The minimum absolute atomic E-state index is 0.143. The van der Waals surface area contributed by atoms with Crippen molar-refractivity contribution in [3.8, 4) is 0 Å². The molecule has 0 bridgehead atoms. The van der Waals surface area contributed by atoms with E-state index in [1.165, 1.54) is 23.1 Å². The van der Waals surface area contributed by atoms with Crippen molar-refractivity contribution in [3.05, 3.63) is 75.6 Å². The SMILES string of the molecule is C=CCN1C(=O)/C(=C/c2ccc(Cl)cc2Cl)S/C1=N/c1nc2ccccc2s1. The van der Waals surface area contributed by atoms with Crippen molar-refractivity contribution >= 4 is 78.8 Å². The number of carbonyl (C=O) groups is 1. The summed E-state index contributed by atoms with van der Waals surface area (Å²) >= 11 is 15.0. The van der Waals surface area contributed by atoms with E-state index in [1.54, 1.807) is 35.3 Å². The van der Waals surface area contributed by atoms with E-state index in [2.05, 4.69) is 16.6 Å². The Balaban J connectivity index is 1.71. The molecule has 1 fully saturated rings. The predicted octanol–water partition coefficient (Wildman–Crippen LogP) is 6.39. The van der Waals surface area contributed by atoms with Gasteiger partial charge >= 0.3 is 0 Å². The van der Waals surface area contributed by atoms with Gasteiger partial charge in [0.1, 0.15) is 0 Å². The molecule has 0 saturated carbocycles. The van der Waals surface area contributed by atoms with Gasteiger partial charge in [0.05, 0.1) is 15.1 Å². The summed E-state index contributed by atoms with van der Waals surface area (Å²) < 4.78 is 1.05. The first-order valence-electron chi connectivity index (χ1n) is 8.27. The molecule has 0 unspecified atom stereocenters. The number of hydrogen-bond donors (Lipinski definition) is 0. The second kappa shape index (κ2) is 8.09. The van der Waals surface area contributed by atoms with Crippen molar-refractivity contribution < 1.29 is 4.79 Å². The molecule has 140 valence electrons. The number of aromatic nitrogens is 1. The Morgan fingerprint density at radius 2 is 2.04 bits per heavy atom. The molecular formula is C20H13Cl2N3OS2. The largest absolute Gasteiger partial charge is 0.282 e. The van der Waals surface area contributed by atoms with Gasteiger partial charge in [-0.25, -0.2) is 4.98 Å². The number of thiazole rings is 1. The van der Waals surface area contributed by atoms with Crippen molar-refractivity contribution in [1.82, 2.24) is 9.88 Å². The van der Waals surface area contributed by atoms with E-state index in [9.17, 15) is 4.79 Å². The molecule has 0 radical (unpaired) electrons. The van der Waals surface area contributed by atoms with E-state index in [1.807, 2.05) is 24.3 Å². The van der Waals surface area contributed by atoms with Gasteiger partial charge in [-0.05, 0) is 47.7 Å². The molecule has 2 heterocycles.